The second-order valence-electron chi connectivity index (χ2n) is 10.00. The van der Waals surface area contributed by atoms with Crippen LogP contribution >= 0.6 is 22.6 Å². The van der Waals surface area contributed by atoms with Gasteiger partial charge in [-0.15, -0.1) is 0 Å². The van der Waals surface area contributed by atoms with Crippen LogP contribution in [0.15, 0.2) is 0 Å². The lowest BCUT2D eigenvalue weighted by atomic mass is 10.1. The van der Waals surface area contributed by atoms with Crippen LogP contribution in [0.25, 0.3) is 0 Å². The van der Waals surface area contributed by atoms with Gasteiger partial charge < -0.3 is 47.4 Å². The van der Waals surface area contributed by atoms with Gasteiger partial charge in [-0.2, -0.15) is 0 Å². The molecule has 264 valence electrons. The summed E-state index contributed by atoms with van der Waals surface area (Å²) in [6.07, 6.45) is 11.6. The lowest BCUT2D eigenvalue weighted by Crippen LogP contribution is -2.15. The van der Waals surface area contributed by atoms with Crippen LogP contribution in [0.1, 0.15) is 71.1 Å². The molecule has 0 radical (unpaired) electrons. The van der Waals surface area contributed by atoms with Crippen molar-refractivity contribution in [2.45, 2.75) is 71.1 Å². The highest BCUT2D eigenvalue weighted by atomic mass is 127. The highest BCUT2D eigenvalue weighted by Crippen LogP contribution is 2.10. The van der Waals surface area contributed by atoms with Crippen LogP contribution in [0, 0.1) is 0 Å². The lowest BCUT2D eigenvalue weighted by molar-refractivity contribution is -0.145. The molecule has 0 aromatic heterocycles. The monoisotopic (exact) mass is 750 g/mol. The highest BCUT2D eigenvalue weighted by molar-refractivity contribution is 14.1. The third kappa shape index (κ3) is 39.9. The molecule has 0 bridgehead atoms. The summed E-state index contributed by atoms with van der Waals surface area (Å²) < 4.78 is 55.2. The highest BCUT2D eigenvalue weighted by Gasteiger charge is 2.03. The van der Waals surface area contributed by atoms with Crippen molar-refractivity contribution in [1.29, 1.82) is 0 Å². The van der Waals surface area contributed by atoms with Crippen molar-refractivity contribution in [3.05, 3.63) is 0 Å². The fraction of sp³-hybridized carbons (Fsp3) is 0.969. The summed E-state index contributed by atoms with van der Waals surface area (Å²) in [5.74, 6) is -0.133. The predicted octanol–water partition coefficient (Wildman–Crippen LogP) is 5.03. The molecule has 0 amide bonds. The standard InChI is InChI=1S/C32H63IO11/c1-2-3-4-5-6-7-8-9-10-11-32(34)44-31-30-43-29-28-42-27-26-41-25-24-40-23-22-39-21-20-38-19-18-37-17-16-36-15-14-35-13-12-33/h2-31H2,1H3. The number of carbonyl (C=O) groups is 1. The van der Waals surface area contributed by atoms with E-state index in [1.165, 1.54) is 44.9 Å². The third-order valence-electron chi connectivity index (χ3n) is 6.17. The summed E-state index contributed by atoms with van der Waals surface area (Å²) in [6, 6.07) is 0. The number of carbonyl (C=O) groups excluding carboxylic acids is 1. The number of esters is 1. The Morgan fingerprint density at radius 3 is 0.977 bits per heavy atom. The SMILES string of the molecule is CCCCCCCCCCCC(=O)OCCOCCOCCOCCOCCOCCOCCOCCOCCOCCI. The molecule has 0 atom stereocenters. The summed E-state index contributed by atoms with van der Waals surface area (Å²) in [6.45, 7) is 12.1. The molecule has 44 heavy (non-hydrogen) atoms. The Balaban J connectivity index is 3.11. The molecule has 0 saturated heterocycles. The van der Waals surface area contributed by atoms with Crippen LogP contribution in [0.5, 0.6) is 0 Å². The number of unbranched alkanes of at least 4 members (excludes halogenated alkanes) is 8. The van der Waals surface area contributed by atoms with Gasteiger partial charge in [0.15, 0.2) is 0 Å². The van der Waals surface area contributed by atoms with Gasteiger partial charge >= 0.3 is 5.97 Å². The smallest absolute Gasteiger partial charge is 0.305 e. The van der Waals surface area contributed by atoms with Crippen molar-refractivity contribution in [3.63, 3.8) is 0 Å². The van der Waals surface area contributed by atoms with Gasteiger partial charge in [0.05, 0.1) is 119 Å². The summed E-state index contributed by atoms with van der Waals surface area (Å²) in [7, 11) is 0. The number of halogens is 1. The van der Waals surface area contributed by atoms with E-state index in [0.29, 0.717) is 125 Å². The summed E-state index contributed by atoms with van der Waals surface area (Å²) in [5, 5.41) is 0. The van der Waals surface area contributed by atoms with Gasteiger partial charge in [0.25, 0.3) is 0 Å². The molecule has 0 aliphatic rings. The fourth-order valence-corrected chi connectivity index (χ4v) is 4.09. The first kappa shape index (κ1) is 43.8. The molecule has 0 fully saturated rings. The zero-order valence-corrected chi connectivity index (χ0v) is 29.7. The average Bonchev–Trinajstić information content (AvgIpc) is 3.03. The Kier molecular flexibility index (Phi) is 40.7. The molecule has 0 N–H and O–H groups in total. The van der Waals surface area contributed by atoms with Gasteiger partial charge in [-0.25, -0.2) is 0 Å². The number of alkyl halides is 1. The van der Waals surface area contributed by atoms with Crippen LogP contribution in [0.3, 0.4) is 0 Å². The fourth-order valence-electron chi connectivity index (χ4n) is 3.78. The maximum atomic E-state index is 11.8. The Bertz CT molecular complexity index is 546. The first-order chi connectivity index (χ1) is 21.8. The van der Waals surface area contributed by atoms with E-state index in [9.17, 15) is 4.79 Å². The molecule has 11 nitrogen and oxygen atoms in total. The summed E-state index contributed by atoms with van der Waals surface area (Å²) >= 11 is 2.28. The predicted molar refractivity (Wildman–Crippen MR) is 179 cm³/mol. The molecule has 0 aliphatic heterocycles. The Morgan fingerprint density at radius 2 is 0.659 bits per heavy atom. The second kappa shape index (κ2) is 40.9. The van der Waals surface area contributed by atoms with Crippen LogP contribution in [0.2, 0.25) is 0 Å². The van der Waals surface area contributed by atoms with Gasteiger partial charge in [0.1, 0.15) is 6.61 Å². The van der Waals surface area contributed by atoms with Gasteiger partial charge in [0.2, 0.25) is 0 Å². The minimum Gasteiger partial charge on any atom is -0.463 e. The van der Waals surface area contributed by atoms with E-state index in [2.05, 4.69) is 29.5 Å². The first-order valence-electron chi connectivity index (χ1n) is 16.7. The van der Waals surface area contributed by atoms with Gasteiger partial charge in [-0.05, 0) is 6.42 Å². The molecule has 0 saturated carbocycles. The lowest BCUT2D eigenvalue weighted by Gasteiger charge is -2.09. The van der Waals surface area contributed by atoms with E-state index >= 15 is 0 Å². The van der Waals surface area contributed by atoms with E-state index < -0.39 is 0 Å². The molecule has 0 rings (SSSR count). The molecular formula is C32H63IO11. The van der Waals surface area contributed by atoms with Crippen molar-refractivity contribution in [1.82, 2.24) is 0 Å². The number of ether oxygens (including phenoxy) is 10. The Labute approximate surface area is 281 Å². The van der Waals surface area contributed by atoms with Crippen LogP contribution in [-0.2, 0) is 52.2 Å². The molecule has 0 aromatic rings. The van der Waals surface area contributed by atoms with Crippen LogP contribution in [0.4, 0.5) is 0 Å². The molecule has 0 aliphatic carbocycles. The first-order valence-corrected chi connectivity index (χ1v) is 18.2. The zero-order valence-electron chi connectivity index (χ0n) is 27.6. The van der Waals surface area contributed by atoms with Crippen LogP contribution in [-0.4, -0.2) is 136 Å². The van der Waals surface area contributed by atoms with Gasteiger partial charge in [0, 0.05) is 10.8 Å². The van der Waals surface area contributed by atoms with E-state index in [-0.39, 0.29) is 5.97 Å². The number of hydrogen-bond donors (Lipinski definition) is 0. The van der Waals surface area contributed by atoms with Gasteiger partial charge in [-0.3, -0.25) is 4.79 Å². The third-order valence-corrected chi connectivity index (χ3v) is 6.61. The quantitative estimate of drug-likeness (QED) is 0.0365. The maximum absolute atomic E-state index is 11.8. The Morgan fingerprint density at radius 1 is 0.386 bits per heavy atom. The number of rotatable bonds is 39. The molecular weight excluding hydrogens is 687 g/mol. The zero-order chi connectivity index (χ0) is 31.9. The number of hydrogen-bond acceptors (Lipinski definition) is 11. The van der Waals surface area contributed by atoms with E-state index in [0.717, 1.165) is 23.9 Å². The second-order valence-corrected chi connectivity index (χ2v) is 11.1. The van der Waals surface area contributed by atoms with E-state index in [1.54, 1.807) is 0 Å². The minimum atomic E-state index is -0.133. The van der Waals surface area contributed by atoms with Gasteiger partial charge in [-0.1, -0.05) is 80.9 Å². The topological polar surface area (TPSA) is 109 Å². The summed E-state index contributed by atoms with van der Waals surface area (Å²) in [4.78, 5) is 11.8. The molecule has 12 heteroatoms. The van der Waals surface area contributed by atoms with E-state index in [4.69, 9.17) is 47.4 Å². The molecule has 0 unspecified atom stereocenters. The molecule has 0 spiro atoms. The average molecular weight is 751 g/mol. The van der Waals surface area contributed by atoms with Crippen LogP contribution < -0.4 is 0 Å². The van der Waals surface area contributed by atoms with Crippen molar-refractivity contribution in [2.24, 2.45) is 0 Å². The van der Waals surface area contributed by atoms with Crippen molar-refractivity contribution < 1.29 is 52.2 Å². The van der Waals surface area contributed by atoms with Crippen molar-refractivity contribution >= 4 is 28.6 Å². The minimum absolute atomic E-state index is 0.133. The normalized spacial score (nSPS) is 11.4. The molecule has 0 aromatic carbocycles. The van der Waals surface area contributed by atoms with E-state index in [1.807, 2.05) is 0 Å². The maximum Gasteiger partial charge on any atom is 0.305 e. The summed E-state index contributed by atoms with van der Waals surface area (Å²) in [5.41, 5.74) is 0. The van der Waals surface area contributed by atoms with Crippen molar-refractivity contribution in [3.8, 4) is 0 Å². The Hall–Kier alpha value is -0.160. The van der Waals surface area contributed by atoms with Crippen molar-refractivity contribution in [2.75, 3.05) is 130 Å². The largest absolute Gasteiger partial charge is 0.463 e. The molecule has 0 heterocycles.